The molecule has 0 radical (unpaired) electrons. The molecule has 0 aliphatic heterocycles. The lowest BCUT2D eigenvalue weighted by molar-refractivity contribution is -0.137. The van der Waals surface area contributed by atoms with Crippen molar-refractivity contribution in [3.8, 4) is 5.75 Å². The maximum absolute atomic E-state index is 12.1. The minimum Gasteiger partial charge on any atom is -0.486 e. The van der Waals surface area contributed by atoms with Crippen LogP contribution in [0.4, 0.5) is 22.0 Å². The van der Waals surface area contributed by atoms with E-state index in [-0.39, 0.29) is 5.75 Å². The lowest BCUT2D eigenvalue weighted by Crippen LogP contribution is -2.18. The van der Waals surface area contributed by atoms with E-state index < -0.39 is 23.7 Å². The maximum atomic E-state index is 12.1. The van der Waals surface area contributed by atoms with Crippen LogP contribution in [-0.2, 0) is 6.18 Å². The molecule has 0 spiro atoms. The third-order valence-electron chi connectivity index (χ3n) is 1.58. The van der Waals surface area contributed by atoms with Crippen LogP contribution >= 0.6 is 11.6 Å². The van der Waals surface area contributed by atoms with Crippen LogP contribution in [0.3, 0.4) is 0 Å². The Morgan fingerprint density at radius 1 is 1.00 bits per heavy atom. The molecule has 0 bridgehead atoms. The van der Waals surface area contributed by atoms with Crippen molar-refractivity contribution in [2.75, 3.05) is 6.61 Å². The maximum Gasteiger partial charge on any atom is 0.416 e. The van der Waals surface area contributed by atoms with Crippen LogP contribution in [-0.4, -0.2) is 12.0 Å². The Labute approximate surface area is 92.8 Å². The summed E-state index contributed by atoms with van der Waals surface area (Å²) < 4.78 is 65.1. The molecule has 0 aromatic heterocycles. The number of hydrogen-bond acceptors (Lipinski definition) is 1. The molecule has 16 heavy (non-hydrogen) atoms. The number of halogens is 6. The van der Waals surface area contributed by atoms with Gasteiger partial charge in [0.1, 0.15) is 5.75 Å². The summed E-state index contributed by atoms with van der Waals surface area (Å²) in [6.45, 7) is -1.10. The van der Waals surface area contributed by atoms with Crippen LogP contribution in [0.25, 0.3) is 0 Å². The summed E-state index contributed by atoms with van der Waals surface area (Å²) in [5.74, 6) is -0.103. The van der Waals surface area contributed by atoms with Crippen LogP contribution in [0.2, 0.25) is 0 Å². The van der Waals surface area contributed by atoms with E-state index in [1.165, 1.54) is 0 Å². The Balaban J connectivity index is 2.66. The average molecular weight is 261 g/mol. The molecule has 0 heterocycles. The van der Waals surface area contributed by atoms with Gasteiger partial charge in [0, 0.05) is 0 Å². The van der Waals surface area contributed by atoms with E-state index in [1.807, 2.05) is 0 Å². The third-order valence-corrected chi connectivity index (χ3v) is 1.69. The number of alkyl halides is 6. The predicted octanol–water partition coefficient (Wildman–Crippen LogP) is 3.92. The lowest BCUT2D eigenvalue weighted by Gasteiger charge is -2.11. The highest BCUT2D eigenvalue weighted by Gasteiger charge is 2.30. The molecule has 0 saturated heterocycles. The van der Waals surface area contributed by atoms with Crippen molar-refractivity contribution in [1.29, 1.82) is 0 Å². The van der Waals surface area contributed by atoms with Gasteiger partial charge in [-0.2, -0.15) is 22.0 Å². The molecule has 0 amide bonds. The number of ether oxygens (including phenoxy) is 1. The second-order valence-electron chi connectivity index (χ2n) is 2.93. The van der Waals surface area contributed by atoms with E-state index in [1.54, 1.807) is 0 Å². The summed E-state index contributed by atoms with van der Waals surface area (Å²) in [7, 11) is 0. The summed E-state index contributed by atoms with van der Waals surface area (Å²) >= 11 is 4.55. The third kappa shape index (κ3) is 4.22. The van der Waals surface area contributed by atoms with Gasteiger partial charge in [-0.05, 0) is 35.9 Å². The highest BCUT2D eigenvalue weighted by molar-refractivity contribution is 6.21. The van der Waals surface area contributed by atoms with Crippen LogP contribution in [0.15, 0.2) is 24.3 Å². The molecule has 1 nitrogen and oxygen atoms in total. The first kappa shape index (κ1) is 13.0. The molecular formula is C9H6ClF5O. The van der Waals surface area contributed by atoms with E-state index in [2.05, 4.69) is 16.3 Å². The molecule has 0 N–H and O–H groups in total. The second-order valence-corrected chi connectivity index (χ2v) is 3.48. The fourth-order valence-corrected chi connectivity index (χ4v) is 0.960. The fourth-order valence-electron chi connectivity index (χ4n) is 0.905. The summed E-state index contributed by atoms with van der Waals surface area (Å²) in [5, 5.41) is -3.54. The van der Waals surface area contributed by atoms with Gasteiger partial charge in [-0.3, -0.25) is 0 Å². The Kier molecular flexibility index (Phi) is 3.62. The summed E-state index contributed by atoms with van der Waals surface area (Å²) in [5.41, 5.74) is -0.877. The van der Waals surface area contributed by atoms with Gasteiger partial charge in [-0.15, -0.1) is 0 Å². The number of benzene rings is 1. The van der Waals surface area contributed by atoms with Gasteiger partial charge in [0.15, 0.2) is 6.61 Å². The van der Waals surface area contributed by atoms with Gasteiger partial charge in [-0.25, -0.2) is 0 Å². The van der Waals surface area contributed by atoms with Crippen molar-refractivity contribution in [2.24, 2.45) is 0 Å². The van der Waals surface area contributed by atoms with E-state index in [9.17, 15) is 22.0 Å². The lowest BCUT2D eigenvalue weighted by atomic mass is 10.2. The first-order valence-electron chi connectivity index (χ1n) is 4.05. The quantitative estimate of drug-likeness (QED) is 0.591. The van der Waals surface area contributed by atoms with Crippen LogP contribution < -0.4 is 4.74 Å². The number of rotatable bonds is 3. The molecule has 0 unspecified atom stereocenters. The van der Waals surface area contributed by atoms with E-state index in [0.717, 1.165) is 24.3 Å². The Hall–Kier alpha value is -1.04. The molecule has 0 atom stereocenters. The molecule has 0 fully saturated rings. The first-order valence-corrected chi connectivity index (χ1v) is 4.43. The van der Waals surface area contributed by atoms with Crippen molar-refractivity contribution < 1.29 is 26.7 Å². The van der Waals surface area contributed by atoms with Gasteiger partial charge >= 0.3 is 11.6 Å². The zero-order chi connectivity index (χ0) is 12.4. The van der Waals surface area contributed by atoms with E-state index in [4.69, 9.17) is 0 Å². The minimum atomic E-state index is -4.46. The van der Waals surface area contributed by atoms with Gasteiger partial charge in [0.25, 0.3) is 0 Å². The van der Waals surface area contributed by atoms with Crippen LogP contribution in [0.1, 0.15) is 5.56 Å². The van der Waals surface area contributed by atoms with Gasteiger partial charge in [-0.1, -0.05) is 0 Å². The molecule has 1 aromatic rings. The standard InChI is InChI=1S/C9H6ClF5O/c10-8(11,12)5-16-7-3-1-6(2-4-7)9(13,14)15/h1-4H,5H2. The highest BCUT2D eigenvalue weighted by Crippen LogP contribution is 2.30. The van der Waals surface area contributed by atoms with Gasteiger partial charge < -0.3 is 4.74 Å². The van der Waals surface area contributed by atoms with Gasteiger partial charge in [0.05, 0.1) is 5.56 Å². The zero-order valence-corrected chi connectivity index (χ0v) is 8.45. The molecular weight excluding hydrogens is 255 g/mol. The Morgan fingerprint density at radius 2 is 1.50 bits per heavy atom. The largest absolute Gasteiger partial charge is 0.486 e. The molecule has 0 aliphatic carbocycles. The van der Waals surface area contributed by atoms with Crippen molar-refractivity contribution in [1.82, 2.24) is 0 Å². The smallest absolute Gasteiger partial charge is 0.416 e. The van der Waals surface area contributed by atoms with Crippen molar-refractivity contribution in [3.63, 3.8) is 0 Å². The van der Waals surface area contributed by atoms with Crippen molar-refractivity contribution in [2.45, 2.75) is 11.6 Å². The normalized spacial score (nSPS) is 12.6. The second kappa shape index (κ2) is 4.45. The molecule has 7 heteroatoms. The Morgan fingerprint density at radius 3 is 1.88 bits per heavy atom. The highest BCUT2D eigenvalue weighted by atomic mass is 35.5. The minimum absolute atomic E-state index is 0.103. The Bertz CT molecular complexity index is 340. The first-order chi connectivity index (χ1) is 7.18. The molecule has 0 aliphatic rings. The molecule has 1 rings (SSSR count). The number of hydrogen-bond donors (Lipinski definition) is 0. The zero-order valence-electron chi connectivity index (χ0n) is 7.69. The summed E-state index contributed by atoms with van der Waals surface area (Å²) in [6, 6.07) is 3.38. The van der Waals surface area contributed by atoms with Crippen molar-refractivity contribution >= 4 is 11.6 Å². The van der Waals surface area contributed by atoms with E-state index >= 15 is 0 Å². The van der Waals surface area contributed by atoms with E-state index in [0.29, 0.717) is 0 Å². The fraction of sp³-hybridized carbons (Fsp3) is 0.333. The summed E-state index contributed by atoms with van der Waals surface area (Å²) in [6.07, 6.45) is -4.46. The van der Waals surface area contributed by atoms with Crippen LogP contribution in [0.5, 0.6) is 5.75 Å². The van der Waals surface area contributed by atoms with Gasteiger partial charge in [0.2, 0.25) is 0 Å². The SMILES string of the molecule is FC(F)(Cl)COc1ccc(C(F)(F)F)cc1. The predicted molar refractivity (Wildman–Crippen MR) is 47.7 cm³/mol. The summed E-state index contributed by atoms with van der Waals surface area (Å²) in [4.78, 5) is 0. The van der Waals surface area contributed by atoms with Crippen LogP contribution in [0, 0.1) is 0 Å². The molecule has 90 valence electrons. The monoisotopic (exact) mass is 260 g/mol. The topological polar surface area (TPSA) is 9.23 Å². The molecule has 0 saturated carbocycles. The molecule has 1 aromatic carbocycles. The average Bonchev–Trinajstić information content (AvgIpc) is 2.13. The van der Waals surface area contributed by atoms with Crippen molar-refractivity contribution in [3.05, 3.63) is 29.8 Å².